The maximum atomic E-state index is 10.8. The molecule has 0 amide bonds. The normalized spacial score (nSPS) is 14.8. The number of ether oxygens (including phenoxy) is 2. The summed E-state index contributed by atoms with van der Waals surface area (Å²) in [5.41, 5.74) is 1.01. The first-order chi connectivity index (χ1) is 9.56. The van der Waals surface area contributed by atoms with Gasteiger partial charge in [-0.15, -0.1) is 0 Å². The number of fused-ring (bicyclic) bond motifs is 1. The first-order valence-electron chi connectivity index (χ1n) is 6.65. The Morgan fingerprint density at radius 2 is 2.05 bits per heavy atom. The number of sulfonamides is 1. The van der Waals surface area contributed by atoms with Crippen LogP contribution in [0, 0.1) is 0 Å². The summed E-state index contributed by atoms with van der Waals surface area (Å²) in [6.07, 6.45) is 1.36. The molecule has 0 aliphatic carbocycles. The van der Waals surface area contributed by atoms with Crippen molar-refractivity contribution in [1.82, 2.24) is 5.32 Å². The molecule has 0 unspecified atom stereocenters. The smallest absolute Gasteiger partial charge is 0.209 e. The second-order valence-corrected chi connectivity index (χ2v) is 6.43. The monoisotopic (exact) mass is 300 g/mol. The van der Waals surface area contributed by atoms with Gasteiger partial charge in [-0.1, -0.05) is 12.1 Å². The molecule has 1 aromatic rings. The van der Waals surface area contributed by atoms with Crippen molar-refractivity contribution in [1.29, 1.82) is 0 Å². The number of nitrogens with two attached hydrogens (primary N) is 1. The minimum Gasteiger partial charge on any atom is -0.490 e. The fourth-order valence-corrected chi connectivity index (χ4v) is 2.56. The van der Waals surface area contributed by atoms with E-state index in [1.54, 1.807) is 0 Å². The molecular weight excluding hydrogens is 280 g/mol. The average molecular weight is 300 g/mol. The summed E-state index contributed by atoms with van der Waals surface area (Å²) in [4.78, 5) is 0. The van der Waals surface area contributed by atoms with Crippen molar-refractivity contribution in [3.8, 4) is 11.5 Å². The third kappa shape index (κ3) is 4.66. The van der Waals surface area contributed by atoms with Crippen LogP contribution in [0.2, 0.25) is 0 Å². The van der Waals surface area contributed by atoms with Gasteiger partial charge in [-0.05, 0) is 19.0 Å². The number of nitrogens with one attached hydrogen (secondary N) is 1. The van der Waals surface area contributed by atoms with Gasteiger partial charge in [0.25, 0.3) is 0 Å². The Hall–Kier alpha value is -1.31. The summed E-state index contributed by atoms with van der Waals surface area (Å²) < 4.78 is 32.9. The Kier molecular flexibility index (Phi) is 5.22. The molecule has 1 heterocycles. The Labute approximate surface area is 119 Å². The van der Waals surface area contributed by atoms with Crippen LogP contribution in [-0.4, -0.2) is 33.9 Å². The lowest BCUT2D eigenvalue weighted by Crippen LogP contribution is -2.22. The van der Waals surface area contributed by atoms with E-state index >= 15 is 0 Å². The fourth-order valence-electron chi connectivity index (χ4n) is 2.01. The van der Waals surface area contributed by atoms with Gasteiger partial charge in [-0.3, -0.25) is 0 Å². The number of hydrogen-bond donors (Lipinski definition) is 2. The number of rotatable bonds is 6. The first kappa shape index (κ1) is 15.1. The van der Waals surface area contributed by atoms with Gasteiger partial charge in [-0.2, -0.15) is 0 Å². The van der Waals surface area contributed by atoms with Crippen molar-refractivity contribution in [3.63, 3.8) is 0 Å². The van der Waals surface area contributed by atoms with Crippen molar-refractivity contribution >= 4 is 10.0 Å². The quantitative estimate of drug-likeness (QED) is 0.751. The lowest BCUT2D eigenvalue weighted by molar-refractivity contribution is 0.296. The maximum Gasteiger partial charge on any atom is 0.209 e. The SMILES string of the molecule is NS(=O)(=O)CCCNCc1cccc2c1OCCCO2. The minimum atomic E-state index is -3.37. The topological polar surface area (TPSA) is 90.7 Å². The van der Waals surface area contributed by atoms with E-state index in [1.165, 1.54) is 0 Å². The van der Waals surface area contributed by atoms with Crippen molar-refractivity contribution in [2.45, 2.75) is 19.4 Å². The predicted octanol–water partition coefficient (Wildman–Crippen LogP) is 0.616. The Morgan fingerprint density at radius 3 is 2.85 bits per heavy atom. The highest BCUT2D eigenvalue weighted by atomic mass is 32.2. The Morgan fingerprint density at radius 1 is 1.25 bits per heavy atom. The molecule has 1 aromatic carbocycles. The molecule has 0 atom stereocenters. The summed E-state index contributed by atoms with van der Waals surface area (Å²) in [6.45, 7) is 2.51. The molecule has 20 heavy (non-hydrogen) atoms. The van der Waals surface area contributed by atoms with E-state index in [-0.39, 0.29) is 5.75 Å². The van der Waals surface area contributed by atoms with Crippen LogP contribution in [0.4, 0.5) is 0 Å². The van der Waals surface area contributed by atoms with E-state index in [4.69, 9.17) is 14.6 Å². The zero-order valence-electron chi connectivity index (χ0n) is 11.3. The molecule has 1 aliphatic rings. The van der Waals surface area contributed by atoms with E-state index in [9.17, 15) is 8.42 Å². The van der Waals surface area contributed by atoms with Crippen molar-refractivity contribution in [2.75, 3.05) is 25.5 Å². The maximum absolute atomic E-state index is 10.8. The number of primary sulfonamides is 1. The van der Waals surface area contributed by atoms with Gasteiger partial charge in [0.2, 0.25) is 10.0 Å². The average Bonchev–Trinajstić information content (AvgIpc) is 2.62. The highest BCUT2D eigenvalue weighted by Crippen LogP contribution is 2.32. The molecule has 7 heteroatoms. The van der Waals surface area contributed by atoms with Gasteiger partial charge in [0, 0.05) is 18.5 Å². The highest BCUT2D eigenvalue weighted by molar-refractivity contribution is 7.89. The number of hydrogen-bond acceptors (Lipinski definition) is 5. The van der Waals surface area contributed by atoms with Crippen LogP contribution in [0.25, 0.3) is 0 Å². The summed E-state index contributed by atoms with van der Waals surface area (Å²) in [6, 6.07) is 5.79. The van der Waals surface area contributed by atoms with E-state index < -0.39 is 10.0 Å². The van der Waals surface area contributed by atoms with Gasteiger partial charge in [0.05, 0.1) is 19.0 Å². The molecule has 0 aromatic heterocycles. The van der Waals surface area contributed by atoms with E-state index in [2.05, 4.69) is 5.32 Å². The third-order valence-electron chi connectivity index (χ3n) is 2.95. The van der Waals surface area contributed by atoms with Crippen LogP contribution >= 0.6 is 0 Å². The van der Waals surface area contributed by atoms with E-state index in [1.807, 2.05) is 18.2 Å². The van der Waals surface area contributed by atoms with Gasteiger partial charge >= 0.3 is 0 Å². The summed E-state index contributed by atoms with van der Waals surface area (Å²) in [7, 11) is -3.37. The van der Waals surface area contributed by atoms with Gasteiger partial charge < -0.3 is 14.8 Å². The summed E-state index contributed by atoms with van der Waals surface area (Å²) >= 11 is 0. The zero-order chi connectivity index (χ0) is 14.4. The van der Waals surface area contributed by atoms with Crippen molar-refractivity contribution in [3.05, 3.63) is 23.8 Å². The molecule has 3 N–H and O–H groups in total. The fraction of sp³-hybridized carbons (Fsp3) is 0.538. The van der Waals surface area contributed by atoms with Crippen LogP contribution in [0.5, 0.6) is 11.5 Å². The molecule has 1 aliphatic heterocycles. The third-order valence-corrected chi connectivity index (χ3v) is 3.81. The van der Waals surface area contributed by atoms with Crippen LogP contribution < -0.4 is 19.9 Å². The Bertz CT molecular complexity index is 545. The molecular formula is C13H20N2O4S. The Balaban J connectivity index is 1.87. The van der Waals surface area contributed by atoms with Crippen LogP contribution in [0.3, 0.4) is 0 Å². The second kappa shape index (κ2) is 6.92. The van der Waals surface area contributed by atoms with E-state index in [0.717, 1.165) is 23.5 Å². The first-order valence-corrected chi connectivity index (χ1v) is 8.36. The van der Waals surface area contributed by atoms with E-state index in [0.29, 0.717) is 32.7 Å². The van der Waals surface area contributed by atoms with Crippen LogP contribution in [-0.2, 0) is 16.6 Å². The highest BCUT2D eigenvalue weighted by Gasteiger charge is 2.13. The molecule has 0 saturated heterocycles. The molecule has 0 bridgehead atoms. The van der Waals surface area contributed by atoms with Crippen molar-refractivity contribution < 1.29 is 17.9 Å². The summed E-state index contributed by atoms with van der Waals surface area (Å²) in [5.74, 6) is 1.54. The zero-order valence-corrected chi connectivity index (χ0v) is 12.1. The van der Waals surface area contributed by atoms with Crippen LogP contribution in [0.15, 0.2) is 18.2 Å². The van der Waals surface area contributed by atoms with Crippen LogP contribution in [0.1, 0.15) is 18.4 Å². The molecule has 0 spiro atoms. The van der Waals surface area contributed by atoms with Gasteiger partial charge in [0.15, 0.2) is 11.5 Å². The number of benzene rings is 1. The van der Waals surface area contributed by atoms with Crippen molar-refractivity contribution in [2.24, 2.45) is 5.14 Å². The minimum absolute atomic E-state index is 0.00743. The number of para-hydroxylation sites is 1. The summed E-state index contributed by atoms with van der Waals surface area (Å²) in [5, 5.41) is 8.13. The molecule has 0 radical (unpaired) electrons. The molecule has 0 fully saturated rings. The lowest BCUT2D eigenvalue weighted by atomic mass is 10.2. The molecule has 0 saturated carbocycles. The predicted molar refractivity (Wildman–Crippen MR) is 76.3 cm³/mol. The standard InChI is InChI=1S/C13H20N2O4S/c14-20(16,17)9-2-6-15-10-11-4-1-5-12-13(11)19-8-3-7-18-12/h1,4-5,15H,2-3,6-10H2,(H2,14,16,17). The molecule has 6 nitrogen and oxygen atoms in total. The second-order valence-electron chi connectivity index (χ2n) is 4.69. The molecule has 2 rings (SSSR count). The molecule has 112 valence electrons. The largest absolute Gasteiger partial charge is 0.490 e. The van der Waals surface area contributed by atoms with Gasteiger partial charge in [0.1, 0.15) is 0 Å². The lowest BCUT2D eigenvalue weighted by Gasteiger charge is -2.12. The van der Waals surface area contributed by atoms with Gasteiger partial charge in [-0.25, -0.2) is 13.6 Å².